The molecule has 1 amide bonds. The molecule has 5 nitrogen and oxygen atoms in total. The first-order chi connectivity index (χ1) is 13.6. The first-order valence-corrected chi connectivity index (χ1v) is 9.60. The highest BCUT2D eigenvalue weighted by molar-refractivity contribution is 6.30. The Labute approximate surface area is 167 Å². The molecule has 3 aliphatic rings. The molecular formula is C22H18ClNO4. The van der Waals surface area contributed by atoms with E-state index in [0.29, 0.717) is 11.6 Å². The van der Waals surface area contributed by atoms with Crippen molar-refractivity contribution in [3.05, 3.63) is 77.3 Å². The first kappa shape index (κ1) is 17.5. The van der Waals surface area contributed by atoms with Crippen LogP contribution >= 0.6 is 11.6 Å². The number of rotatable bonds is 4. The highest BCUT2D eigenvalue weighted by Crippen LogP contribution is 2.53. The van der Waals surface area contributed by atoms with Crippen molar-refractivity contribution in [1.29, 1.82) is 0 Å². The van der Waals surface area contributed by atoms with E-state index in [1.807, 2.05) is 42.5 Å². The number of hydrogen-bond donors (Lipinski definition) is 0. The van der Waals surface area contributed by atoms with Crippen molar-refractivity contribution in [1.82, 2.24) is 0 Å². The zero-order chi connectivity index (χ0) is 19.3. The molecular weight excluding hydrogens is 378 g/mol. The van der Waals surface area contributed by atoms with Gasteiger partial charge >= 0.3 is 5.97 Å². The number of amides is 1. The van der Waals surface area contributed by atoms with Gasteiger partial charge in [0, 0.05) is 10.7 Å². The number of hydrogen-bond acceptors (Lipinski definition) is 4. The Morgan fingerprint density at radius 3 is 2.68 bits per heavy atom. The Morgan fingerprint density at radius 1 is 1.18 bits per heavy atom. The summed E-state index contributed by atoms with van der Waals surface area (Å²) >= 11 is 5.96. The number of anilines is 1. The summed E-state index contributed by atoms with van der Waals surface area (Å²) < 4.78 is 11.6. The van der Waals surface area contributed by atoms with Crippen LogP contribution in [0.3, 0.4) is 0 Å². The van der Waals surface area contributed by atoms with E-state index in [1.54, 1.807) is 29.2 Å². The van der Waals surface area contributed by atoms with Gasteiger partial charge < -0.3 is 14.4 Å². The minimum atomic E-state index is -0.766. The third kappa shape index (κ3) is 2.65. The maximum absolute atomic E-state index is 13.2. The second-order valence-corrected chi connectivity index (χ2v) is 7.83. The summed E-state index contributed by atoms with van der Waals surface area (Å²) in [7, 11) is 0. The highest BCUT2D eigenvalue weighted by atomic mass is 35.5. The average molecular weight is 396 g/mol. The van der Waals surface area contributed by atoms with Crippen molar-refractivity contribution in [2.24, 2.45) is 11.8 Å². The van der Waals surface area contributed by atoms with E-state index in [2.05, 4.69) is 0 Å². The highest BCUT2D eigenvalue weighted by Gasteiger charge is 2.67. The zero-order valence-electron chi connectivity index (χ0n) is 15.0. The monoisotopic (exact) mass is 395 g/mol. The number of carbonyl (C=O) groups is 2. The fourth-order valence-corrected chi connectivity index (χ4v) is 4.56. The third-order valence-corrected chi connectivity index (χ3v) is 5.99. The molecule has 142 valence electrons. The van der Waals surface area contributed by atoms with Gasteiger partial charge in [-0.1, -0.05) is 54.1 Å². The SMILES string of the molecule is O=C(OCc1ccccc1)[C@H]1[C@H]2C=C[C@@]3(CN(c4ccc(Cl)cc4)C(=O)[C@@H]13)O2. The van der Waals surface area contributed by atoms with Gasteiger partial charge in [0.1, 0.15) is 18.1 Å². The van der Waals surface area contributed by atoms with Crippen LogP contribution in [0.5, 0.6) is 0 Å². The fourth-order valence-electron chi connectivity index (χ4n) is 4.43. The van der Waals surface area contributed by atoms with Gasteiger partial charge in [-0.05, 0) is 29.8 Å². The minimum absolute atomic E-state index is 0.115. The number of halogens is 1. The summed E-state index contributed by atoms with van der Waals surface area (Å²) in [5.74, 6) is -1.70. The second kappa shape index (κ2) is 6.47. The van der Waals surface area contributed by atoms with Crippen LogP contribution in [-0.2, 0) is 25.7 Å². The number of ether oxygens (including phenoxy) is 2. The Hall–Kier alpha value is -2.63. The van der Waals surface area contributed by atoms with Crippen molar-refractivity contribution in [2.45, 2.75) is 18.3 Å². The third-order valence-electron chi connectivity index (χ3n) is 5.73. The van der Waals surface area contributed by atoms with E-state index >= 15 is 0 Å². The van der Waals surface area contributed by atoms with Crippen LogP contribution in [0.1, 0.15) is 5.56 Å². The molecule has 0 aromatic heterocycles. The Kier molecular flexibility index (Phi) is 4.03. The number of carbonyl (C=O) groups excluding carboxylic acids is 2. The molecule has 2 aromatic carbocycles. The molecule has 0 aliphatic carbocycles. The molecule has 6 heteroatoms. The van der Waals surface area contributed by atoms with Gasteiger partial charge in [0.25, 0.3) is 0 Å². The maximum atomic E-state index is 13.2. The lowest BCUT2D eigenvalue weighted by molar-refractivity contribution is -0.153. The van der Waals surface area contributed by atoms with E-state index in [9.17, 15) is 9.59 Å². The van der Waals surface area contributed by atoms with E-state index in [0.717, 1.165) is 11.3 Å². The molecule has 5 rings (SSSR count). The molecule has 0 saturated carbocycles. The van der Waals surface area contributed by atoms with Crippen LogP contribution in [0, 0.1) is 11.8 Å². The van der Waals surface area contributed by atoms with Crippen LogP contribution in [0.15, 0.2) is 66.7 Å². The second-order valence-electron chi connectivity index (χ2n) is 7.39. The molecule has 1 spiro atoms. The fraction of sp³-hybridized carbons (Fsp3) is 0.273. The van der Waals surface area contributed by atoms with Crippen molar-refractivity contribution >= 4 is 29.2 Å². The topological polar surface area (TPSA) is 55.8 Å². The molecule has 0 radical (unpaired) electrons. The maximum Gasteiger partial charge on any atom is 0.313 e. The van der Waals surface area contributed by atoms with E-state index in [4.69, 9.17) is 21.1 Å². The first-order valence-electron chi connectivity index (χ1n) is 9.22. The van der Waals surface area contributed by atoms with Gasteiger partial charge in [0.2, 0.25) is 5.91 Å². The predicted molar refractivity (Wildman–Crippen MR) is 104 cm³/mol. The normalized spacial score (nSPS) is 30.0. The van der Waals surface area contributed by atoms with Crippen molar-refractivity contribution in [2.75, 3.05) is 11.4 Å². The van der Waals surface area contributed by atoms with Gasteiger partial charge in [0.05, 0.1) is 18.6 Å². The lowest BCUT2D eigenvalue weighted by Crippen LogP contribution is -2.40. The predicted octanol–water partition coefficient (Wildman–Crippen LogP) is 3.37. The van der Waals surface area contributed by atoms with E-state index < -0.39 is 29.5 Å². The van der Waals surface area contributed by atoms with E-state index in [1.165, 1.54) is 0 Å². The van der Waals surface area contributed by atoms with Crippen LogP contribution < -0.4 is 4.90 Å². The summed E-state index contributed by atoms with van der Waals surface area (Å²) in [6.07, 6.45) is 3.39. The number of benzene rings is 2. The zero-order valence-corrected chi connectivity index (χ0v) is 15.7. The van der Waals surface area contributed by atoms with Crippen LogP contribution in [0.25, 0.3) is 0 Å². The summed E-state index contributed by atoms with van der Waals surface area (Å²) in [6.45, 7) is 0.564. The molecule has 2 saturated heterocycles. The summed E-state index contributed by atoms with van der Waals surface area (Å²) in [6, 6.07) is 16.6. The molecule has 0 unspecified atom stereocenters. The van der Waals surface area contributed by atoms with Gasteiger partial charge in [-0.3, -0.25) is 9.59 Å². The molecule has 28 heavy (non-hydrogen) atoms. The Bertz CT molecular complexity index is 958. The van der Waals surface area contributed by atoms with Gasteiger partial charge in [-0.2, -0.15) is 0 Å². The van der Waals surface area contributed by atoms with E-state index in [-0.39, 0.29) is 12.5 Å². The van der Waals surface area contributed by atoms with Crippen molar-refractivity contribution in [3.63, 3.8) is 0 Å². The minimum Gasteiger partial charge on any atom is -0.460 e. The van der Waals surface area contributed by atoms with Crippen LogP contribution in [-0.4, -0.2) is 30.1 Å². The molecule has 3 heterocycles. The quantitative estimate of drug-likeness (QED) is 0.588. The van der Waals surface area contributed by atoms with Crippen LogP contribution in [0.2, 0.25) is 5.02 Å². The lowest BCUT2D eigenvalue weighted by Gasteiger charge is -2.22. The van der Waals surface area contributed by atoms with Crippen LogP contribution in [0.4, 0.5) is 5.69 Å². The van der Waals surface area contributed by atoms with Crippen molar-refractivity contribution < 1.29 is 19.1 Å². The largest absolute Gasteiger partial charge is 0.460 e. The molecule has 0 N–H and O–H groups in total. The number of esters is 1. The van der Waals surface area contributed by atoms with Crippen molar-refractivity contribution in [3.8, 4) is 0 Å². The lowest BCUT2D eigenvalue weighted by atomic mass is 9.77. The number of fused-ring (bicyclic) bond motifs is 1. The number of nitrogens with zero attached hydrogens (tertiary/aromatic N) is 1. The molecule has 4 atom stereocenters. The standard InChI is InChI=1S/C22H18ClNO4/c23-15-6-8-16(9-7-15)24-13-22-11-10-17(28-22)18(19(22)20(24)25)21(26)27-12-14-4-2-1-3-5-14/h1-11,17-19H,12-13H2/t17-,18+,19-,22+/m1/s1. The average Bonchev–Trinajstić information content (AvgIpc) is 3.36. The molecule has 2 bridgehead atoms. The molecule has 2 aromatic rings. The van der Waals surface area contributed by atoms with Gasteiger partial charge in [0.15, 0.2) is 0 Å². The summed E-state index contributed by atoms with van der Waals surface area (Å²) in [4.78, 5) is 27.7. The van der Waals surface area contributed by atoms with Gasteiger partial charge in [-0.25, -0.2) is 0 Å². The Balaban J connectivity index is 1.38. The molecule has 3 aliphatic heterocycles. The Morgan fingerprint density at radius 2 is 1.93 bits per heavy atom. The summed E-state index contributed by atoms with van der Waals surface area (Å²) in [5, 5.41) is 0.605. The summed E-state index contributed by atoms with van der Waals surface area (Å²) in [5.41, 5.74) is 0.887. The van der Waals surface area contributed by atoms with Gasteiger partial charge in [-0.15, -0.1) is 0 Å². The molecule has 2 fully saturated rings. The smallest absolute Gasteiger partial charge is 0.313 e.